The van der Waals surface area contributed by atoms with Crippen LogP contribution in [0, 0.1) is 0 Å². The van der Waals surface area contributed by atoms with E-state index in [0.29, 0.717) is 19.5 Å². The van der Waals surface area contributed by atoms with Crippen molar-refractivity contribution < 1.29 is 14.7 Å². The number of nitrogens with one attached hydrogen (secondary N) is 1. The molecule has 0 aromatic carbocycles. The highest BCUT2D eigenvalue weighted by atomic mass is 16.3. The Kier molecular flexibility index (Phi) is 7.85. The van der Waals surface area contributed by atoms with E-state index in [-0.39, 0.29) is 25.1 Å². The molecule has 15 heavy (non-hydrogen) atoms. The molecule has 1 amide bonds. The van der Waals surface area contributed by atoms with Crippen LogP contribution in [0.1, 0.15) is 20.3 Å². The van der Waals surface area contributed by atoms with Crippen molar-refractivity contribution in [3.05, 3.63) is 0 Å². The topological polar surface area (TPSA) is 69.6 Å². The number of carbonyl (C=O) groups is 2. The smallest absolute Gasteiger partial charge is 0.219 e. The molecule has 0 bridgehead atoms. The number of carbonyl (C=O) groups excluding carboxylic acids is 2. The first-order valence-electron chi connectivity index (χ1n) is 5.20. The van der Waals surface area contributed by atoms with E-state index in [1.807, 2.05) is 11.8 Å². The molecule has 0 fully saturated rings. The van der Waals surface area contributed by atoms with Crippen LogP contribution in [-0.2, 0) is 9.59 Å². The Hall–Kier alpha value is -0.940. The first-order valence-corrected chi connectivity index (χ1v) is 5.20. The maximum absolute atomic E-state index is 10.9. The molecule has 5 heteroatoms. The zero-order chi connectivity index (χ0) is 11.7. The molecule has 5 nitrogen and oxygen atoms in total. The zero-order valence-electron chi connectivity index (χ0n) is 9.40. The number of amides is 1. The van der Waals surface area contributed by atoms with Gasteiger partial charge in [-0.1, -0.05) is 6.92 Å². The fourth-order valence-corrected chi connectivity index (χ4v) is 1.17. The van der Waals surface area contributed by atoms with Gasteiger partial charge in [0.15, 0.2) is 0 Å². The zero-order valence-corrected chi connectivity index (χ0v) is 9.40. The van der Waals surface area contributed by atoms with Crippen LogP contribution in [-0.4, -0.2) is 54.5 Å². The Bertz CT molecular complexity index is 197. The van der Waals surface area contributed by atoms with Gasteiger partial charge in [0.1, 0.15) is 6.29 Å². The average Bonchev–Trinajstić information content (AvgIpc) is 2.26. The second-order valence-electron chi connectivity index (χ2n) is 3.40. The summed E-state index contributed by atoms with van der Waals surface area (Å²) in [5, 5.41) is 11.7. The van der Waals surface area contributed by atoms with Gasteiger partial charge in [-0.05, 0) is 6.92 Å². The molecule has 0 rings (SSSR count). The molecular formula is C10H20N2O3. The summed E-state index contributed by atoms with van der Waals surface area (Å²) >= 11 is 0. The van der Waals surface area contributed by atoms with Crippen molar-refractivity contribution in [2.45, 2.75) is 26.3 Å². The van der Waals surface area contributed by atoms with Crippen LogP contribution in [0.5, 0.6) is 0 Å². The standard InChI is InChI=1S/C10H20N2O3/c1-3-10(15)11-4-5-12(6-7-13)9(2)8-14/h7,9,14H,3-6,8H2,1-2H3,(H,11,15). The summed E-state index contributed by atoms with van der Waals surface area (Å²) in [7, 11) is 0. The molecule has 0 saturated heterocycles. The summed E-state index contributed by atoms with van der Waals surface area (Å²) in [5.41, 5.74) is 0. The number of hydrogen-bond acceptors (Lipinski definition) is 4. The molecule has 0 aromatic heterocycles. The molecule has 2 N–H and O–H groups in total. The number of hydrogen-bond donors (Lipinski definition) is 2. The van der Waals surface area contributed by atoms with E-state index >= 15 is 0 Å². The predicted octanol–water partition coefficient (Wildman–Crippen LogP) is -0.606. The lowest BCUT2D eigenvalue weighted by Gasteiger charge is -2.25. The van der Waals surface area contributed by atoms with Gasteiger partial charge in [0, 0.05) is 25.6 Å². The van der Waals surface area contributed by atoms with Crippen LogP contribution in [0.2, 0.25) is 0 Å². The number of rotatable bonds is 8. The van der Waals surface area contributed by atoms with Crippen LogP contribution in [0.15, 0.2) is 0 Å². The van der Waals surface area contributed by atoms with Gasteiger partial charge in [0.2, 0.25) is 5.91 Å². The fourth-order valence-electron chi connectivity index (χ4n) is 1.17. The Morgan fingerprint density at radius 3 is 2.73 bits per heavy atom. The van der Waals surface area contributed by atoms with Crippen LogP contribution in [0.4, 0.5) is 0 Å². The van der Waals surface area contributed by atoms with Crippen molar-refractivity contribution in [3.8, 4) is 0 Å². The molecule has 0 aliphatic carbocycles. The summed E-state index contributed by atoms with van der Waals surface area (Å²) in [5.74, 6) is -0.00213. The lowest BCUT2D eigenvalue weighted by molar-refractivity contribution is -0.120. The van der Waals surface area contributed by atoms with Gasteiger partial charge < -0.3 is 15.2 Å². The lowest BCUT2D eigenvalue weighted by atomic mass is 10.3. The molecule has 0 aliphatic rings. The van der Waals surface area contributed by atoms with Gasteiger partial charge in [-0.2, -0.15) is 0 Å². The minimum absolute atomic E-state index is 0.00213. The van der Waals surface area contributed by atoms with E-state index in [1.54, 1.807) is 6.92 Å². The van der Waals surface area contributed by atoms with Gasteiger partial charge in [0.25, 0.3) is 0 Å². The van der Waals surface area contributed by atoms with Gasteiger partial charge >= 0.3 is 0 Å². The Morgan fingerprint density at radius 1 is 1.60 bits per heavy atom. The van der Waals surface area contributed by atoms with E-state index in [4.69, 9.17) is 5.11 Å². The molecule has 0 saturated carbocycles. The van der Waals surface area contributed by atoms with Crippen LogP contribution >= 0.6 is 0 Å². The van der Waals surface area contributed by atoms with E-state index in [9.17, 15) is 9.59 Å². The molecule has 0 aromatic rings. The molecule has 88 valence electrons. The van der Waals surface area contributed by atoms with Crippen molar-refractivity contribution in [1.29, 1.82) is 0 Å². The van der Waals surface area contributed by atoms with Crippen molar-refractivity contribution >= 4 is 12.2 Å². The van der Waals surface area contributed by atoms with Gasteiger partial charge in [-0.15, -0.1) is 0 Å². The van der Waals surface area contributed by atoms with Gasteiger partial charge in [-0.3, -0.25) is 9.69 Å². The summed E-state index contributed by atoms with van der Waals surface area (Å²) in [6, 6.07) is -0.0614. The second kappa shape index (κ2) is 8.38. The highest BCUT2D eigenvalue weighted by Gasteiger charge is 2.11. The van der Waals surface area contributed by atoms with Crippen molar-refractivity contribution in [2.24, 2.45) is 0 Å². The number of aliphatic hydroxyl groups is 1. The van der Waals surface area contributed by atoms with Gasteiger partial charge in [0.05, 0.1) is 13.2 Å². The minimum Gasteiger partial charge on any atom is -0.395 e. The second-order valence-corrected chi connectivity index (χ2v) is 3.40. The Balaban J connectivity index is 3.85. The fraction of sp³-hybridized carbons (Fsp3) is 0.800. The van der Waals surface area contributed by atoms with E-state index in [2.05, 4.69) is 5.32 Å². The molecule has 0 radical (unpaired) electrons. The first kappa shape index (κ1) is 14.1. The lowest BCUT2D eigenvalue weighted by Crippen LogP contribution is -2.42. The number of aldehydes is 1. The molecule has 1 atom stereocenters. The molecular weight excluding hydrogens is 196 g/mol. The quantitative estimate of drug-likeness (QED) is 0.531. The average molecular weight is 216 g/mol. The van der Waals surface area contributed by atoms with Crippen LogP contribution in [0.25, 0.3) is 0 Å². The highest BCUT2D eigenvalue weighted by Crippen LogP contribution is 1.95. The number of nitrogens with zero attached hydrogens (tertiary/aromatic N) is 1. The minimum atomic E-state index is -0.0614. The van der Waals surface area contributed by atoms with Gasteiger partial charge in [-0.25, -0.2) is 0 Å². The van der Waals surface area contributed by atoms with Crippen molar-refractivity contribution in [2.75, 3.05) is 26.2 Å². The first-order chi connectivity index (χ1) is 7.15. The van der Waals surface area contributed by atoms with Crippen LogP contribution in [0.3, 0.4) is 0 Å². The molecule has 0 heterocycles. The van der Waals surface area contributed by atoms with E-state index < -0.39 is 0 Å². The van der Waals surface area contributed by atoms with Crippen molar-refractivity contribution in [3.63, 3.8) is 0 Å². The van der Waals surface area contributed by atoms with Crippen LogP contribution < -0.4 is 5.32 Å². The summed E-state index contributed by atoms with van der Waals surface area (Å²) in [4.78, 5) is 23.1. The maximum atomic E-state index is 10.9. The monoisotopic (exact) mass is 216 g/mol. The normalized spacial score (nSPS) is 12.5. The third kappa shape index (κ3) is 6.19. The molecule has 1 unspecified atom stereocenters. The third-order valence-electron chi connectivity index (χ3n) is 2.24. The summed E-state index contributed by atoms with van der Waals surface area (Å²) in [6.07, 6.45) is 1.26. The highest BCUT2D eigenvalue weighted by molar-refractivity contribution is 5.75. The Labute approximate surface area is 90.5 Å². The van der Waals surface area contributed by atoms with E-state index in [0.717, 1.165) is 6.29 Å². The number of aliphatic hydroxyl groups excluding tert-OH is 1. The SMILES string of the molecule is CCC(=O)NCCN(CC=O)C(C)CO. The largest absolute Gasteiger partial charge is 0.395 e. The summed E-state index contributed by atoms with van der Waals surface area (Å²) < 4.78 is 0. The Morgan fingerprint density at radius 2 is 2.27 bits per heavy atom. The summed E-state index contributed by atoms with van der Waals surface area (Å²) in [6.45, 7) is 5.00. The molecule has 0 spiro atoms. The van der Waals surface area contributed by atoms with Crippen molar-refractivity contribution in [1.82, 2.24) is 10.2 Å². The third-order valence-corrected chi connectivity index (χ3v) is 2.24. The molecule has 0 aliphatic heterocycles. The maximum Gasteiger partial charge on any atom is 0.219 e. The predicted molar refractivity (Wildman–Crippen MR) is 57.5 cm³/mol. The van der Waals surface area contributed by atoms with E-state index in [1.165, 1.54) is 0 Å².